The number of Topliss-reactive ketones (excluding diaryl/α,β-unsaturated/α-hetero) is 2. The van der Waals surface area contributed by atoms with Crippen molar-refractivity contribution in [1.82, 2.24) is 0 Å². The molecule has 0 saturated heterocycles. The highest BCUT2D eigenvalue weighted by atomic mass is 16.6. The molecule has 5 nitrogen and oxygen atoms in total. The summed E-state index contributed by atoms with van der Waals surface area (Å²) < 4.78 is 0. The van der Waals surface area contributed by atoms with Crippen molar-refractivity contribution in [3.8, 4) is 0 Å². The van der Waals surface area contributed by atoms with E-state index in [2.05, 4.69) is 0 Å². The van der Waals surface area contributed by atoms with Crippen molar-refractivity contribution in [2.45, 2.75) is 26.2 Å². The van der Waals surface area contributed by atoms with E-state index < -0.39 is 17.3 Å². The molecule has 0 unspecified atom stereocenters. The second-order valence-electron chi connectivity index (χ2n) is 2.42. The molecule has 0 amide bonds. The molecule has 12 heavy (non-hydrogen) atoms. The highest BCUT2D eigenvalue weighted by Gasteiger charge is 2.10. The molecule has 0 heterocycles. The Hall–Kier alpha value is -1.26. The van der Waals surface area contributed by atoms with Crippen LogP contribution >= 0.6 is 0 Å². The number of hydrogen-bond donors (Lipinski definition) is 0. The zero-order valence-corrected chi connectivity index (χ0v) is 6.91. The molecular weight excluding hydrogens is 162 g/mol. The highest BCUT2D eigenvalue weighted by Crippen LogP contribution is 1.95. The maximum Gasteiger partial charge on any atom is 0.261 e. The number of hydrogen-bond acceptors (Lipinski definition) is 4. The van der Waals surface area contributed by atoms with Crippen molar-refractivity contribution in [2.75, 3.05) is 6.54 Å². The normalized spacial score (nSPS) is 9.42. The average Bonchev–Trinajstić information content (AvgIpc) is 1.99. The molecule has 0 saturated carbocycles. The van der Waals surface area contributed by atoms with E-state index in [0.717, 1.165) is 0 Å². The maximum atomic E-state index is 10.7. The van der Waals surface area contributed by atoms with Crippen LogP contribution in [0.1, 0.15) is 26.2 Å². The SMILES string of the molecule is CCC(=O)CCC(=O)C[N+](=O)[O-]. The minimum absolute atomic E-state index is 0.00630. The lowest BCUT2D eigenvalue weighted by molar-refractivity contribution is -0.467. The molecular formula is C7H11NO4. The third-order valence-corrected chi connectivity index (χ3v) is 1.38. The lowest BCUT2D eigenvalue weighted by atomic mass is 10.1. The number of ketones is 2. The molecule has 0 fully saturated rings. The first-order chi connectivity index (χ1) is 5.56. The molecule has 0 bridgehead atoms. The first kappa shape index (κ1) is 10.7. The Labute approximate surface area is 69.9 Å². The van der Waals surface area contributed by atoms with Gasteiger partial charge in [0, 0.05) is 24.2 Å². The molecule has 0 atom stereocenters. The van der Waals surface area contributed by atoms with Gasteiger partial charge >= 0.3 is 0 Å². The van der Waals surface area contributed by atoms with Gasteiger partial charge in [0.05, 0.1) is 0 Å². The van der Waals surface area contributed by atoms with Gasteiger partial charge in [-0.3, -0.25) is 19.7 Å². The minimum atomic E-state index is -0.682. The predicted octanol–water partition coefficient (Wildman–Crippen LogP) is 0.591. The summed E-state index contributed by atoms with van der Waals surface area (Å²) in [4.78, 5) is 30.5. The third-order valence-electron chi connectivity index (χ3n) is 1.38. The Kier molecular flexibility index (Phi) is 4.83. The van der Waals surface area contributed by atoms with Crippen LogP contribution < -0.4 is 0 Å². The molecule has 68 valence electrons. The van der Waals surface area contributed by atoms with Gasteiger partial charge < -0.3 is 0 Å². The van der Waals surface area contributed by atoms with Gasteiger partial charge in [-0.05, 0) is 0 Å². The van der Waals surface area contributed by atoms with E-state index >= 15 is 0 Å². The molecule has 0 N–H and O–H groups in total. The topological polar surface area (TPSA) is 77.3 Å². The van der Waals surface area contributed by atoms with E-state index in [1.54, 1.807) is 6.92 Å². The fourth-order valence-electron chi connectivity index (χ4n) is 0.679. The summed E-state index contributed by atoms with van der Waals surface area (Å²) in [7, 11) is 0. The van der Waals surface area contributed by atoms with Crippen molar-refractivity contribution in [3.63, 3.8) is 0 Å². The van der Waals surface area contributed by atoms with Gasteiger partial charge in [-0.2, -0.15) is 0 Å². The van der Waals surface area contributed by atoms with Gasteiger partial charge in [-0.1, -0.05) is 6.92 Å². The summed E-state index contributed by atoms with van der Waals surface area (Å²) in [5, 5.41) is 9.82. The summed E-state index contributed by atoms with van der Waals surface area (Å²) in [5.41, 5.74) is 0. The quantitative estimate of drug-likeness (QED) is 0.435. The smallest absolute Gasteiger partial charge is 0.261 e. The van der Waals surface area contributed by atoms with Crippen LogP contribution in [-0.2, 0) is 9.59 Å². The van der Waals surface area contributed by atoms with Crippen LogP contribution in [0.2, 0.25) is 0 Å². The summed E-state index contributed by atoms with van der Waals surface area (Å²) in [6.45, 7) is 1.03. The predicted molar refractivity (Wildman–Crippen MR) is 41.4 cm³/mol. The maximum absolute atomic E-state index is 10.7. The zero-order valence-electron chi connectivity index (χ0n) is 6.91. The number of nitrogens with zero attached hydrogens (tertiary/aromatic N) is 1. The number of rotatable bonds is 6. The van der Waals surface area contributed by atoms with Gasteiger partial charge in [-0.25, -0.2) is 0 Å². The minimum Gasteiger partial charge on any atom is -0.300 e. The van der Waals surface area contributed by atoms with Gasteiger partial charge in [0.2, 0.25) is 5.78 Å². The van der Waals surface area contributed by atoms with E-state index in [0.29, 0.717) is 6.42 Å². The Morgan fingerprint density at radius 2 is 1.75 bits per heavy atom. The molecule has 5 heteroatoms. The highest BCUT2D eigenvalue weighted by molar-refractivity contribution is 5.86. The molecule has 0 radical (unpaired) electrons. The molecule has 0 spiro atoms. The summed E-state index contributed by atoms with van der Waals surface area (Å²) in [6, 6.07) is 0. The Morgan fingerprint density at radius 1 is 1.25 bits per heavy atom. The van der Waals surface area contributed by atoms with Crippen LogP contribution in [0, 0.1) is 10.1 Å². The zero-order chi connectivity index (χ0) is 9.56. The summed E-state index contributed by atoms with van der Waals surface area (Å²) >= 11 is 0. The Morgan fingerprint density at radius 3 is 2.17 bits per heavy atom. The fraction of sp³-hybridized carbons (Fsp3) is 0.714. The van der Waals surface area contributed by atoms with Crippen LogP contribution in [0.15, 0.2) is 0 Å². The third kappa shape index (κ3) is 5.52. The summed E-state index contributed by atoms with van der Waals surface area (Å²) in [6.07, 6.45) is 0.503. The van der Waals surface area contributed by atoms with E-state index in [-0.39, 0.29) is 18.6 Å². The van der Waals surface area contributed by atoms with Crippen LogP contribution in [0.4, 0.5) is 0 Å². The largest absolute Gasteiger partial charge is 0.300 e. The molecule has 0 aromatic rings. The van der Waals surface area contributed by atoms with Gasteiger partial charge in [0.1, 0.15) is 5.78 Å². The molecule has 0 aliphatic rings. The van der Waals surface area contributed by atoms with Crippen molar-refractivity contribution >= 4 is 11.6 Å². The number of carbonyl (C=O) groups excluding carboxylic acids is 2. The first-order valence-electron chi connectivity index (χ1n) is 3.71. The van der Waals surface area contributed by atoms with Crippen molar-refractivity contribution in [3.05, 3.63) is 10.1 Å². The van der Waals surface area contributed by atoms with Crippen molar-refractivity contribution in [2.24, 2.45) is 0 Å². The van der Waals surface area contributed by atoms with E-state index in [9.17, 15) is 19.7 Å². The number of carbonyl (C=O) groups is 2. The molecule has 0 aliphatic heterocycles. The standard InChI is InChI=1S/C7H11NO4/c1-2-6(9)3-4-7(10)5-8(11)12/h2-5H2,1H3. The van der Waals surface area contributed by atoms with Gasteiger partial charge in [-0.15, -0.1) is 0 Å². The monoisotopic (exact) mass is 173 g/mol. The van der Waals surface area contributed by atoms with Crippen molar-refractivity contribution in [1.29, 1.82) is 0 Å². The van der Waals surface area contributed by atoms with Crippen LogP contribution in [0.5, 0.6) is 0 Å². The van der Waals surface area contributed by atoms with E-state index in [1.807, 2.05) is 0 Å². The summed E-state index contributed by atoms with van der Waals surface area (Å²) in [5.74, 6) is -0.520. The van der Waals surface area contributed by atoms with Crippen molar-refractivity contribution < 1.29 is 14.5 Å². The number of nitro groups is 1. The lowest BCUT2D eigenvalue weighted by Crippen LogP contribution is -2.14. The first-order valence-corrected chi connectivity index (χ1v) is 3.71. The molecule has 0 rings (SSSR count). The van der Waals surface area contributed by atoms with Gasteiger partial charge in [0.15, 0.2) is 0 Å². The second kappa shape index (κ2) is 5.40. The average molecular weight is 173 g/mol. The van der Waals surface area contributed by atoms with Crippen LogP contribution in [0.3, 0.4) is 0 Å². The van der Waals surface area contributed by atoms with Gasteiger partial charge in [0.25, 0.3) is 6.54 Å². The van der Waals surface area contributed by atoms with Crippen LogP contribution in [0.25, 0.3) is 0 Å². The fourth-order valence-corrected chi connectivity index (χ4v) is 0.679. The second-order valence-corrected chi connectivity index (χ2v) is 2.42. The molecule has 0 aliphatic carbocycles. The molecule has 0 aromatic heterocycles. The van der Waals surface area contributed by atoms with E-state index in [1.165, 1.54) is 0 Å². The lowest BCUT2D eigenvalue weighted by Gasteiger charge is -1.94. The van der Waals surface area contributed by atoms with E-state index in [4.69, 9.17) is 0 Å². The Bertz CT molecular complexity index is 200. The Balaban J connectivity index is 3.57. The van der Waals surface area contributed by atoms with Crippen LogP contribution in [-0.4, -0.2) is 23.0 Å². The molecule has 0 aromatic carbocycles.